The summed E-state index contributed by atoms with van der Waals surface area (Å²) in [6, 6.07) is 13.5. The van der Waals surface area contributed by atoms with Crippen LogP contribution < -0.4 is 10.1 Å². The highest BCUT2D eigenvalue weighted by molar-refractivity contribution is 5.83. The van der Waals surface area contributed by atoms with Gasteiger partial charge in [0, 0.05) is 25.7 Å². The molecule has 1 atom stereocenters. The number of piperidine rings is 1. The molecule has 6 nitrogen and oxygen atoms in total. The second-order valence-electron chi connectivity index (χ2n) is 6.71. The van der Waals surface area contributed by atoms with E-state index in [9.17, 15) is 9.59 Å². The van der Waals surface area contributed by atoms with E-state index in [0.717, 1.165) is 23.4 Å². The van der Waals surface area contributed by atoms with Gasteiger partial charge in [-0.1, -0.05) is 18.2 Å². The molecular formula is C21H25N3O3. The van der Waals surface area contributed by atoms with E-state index in [4.69, 9.17) is 4.74 Å². The van der Waals surface area contributed by atoms with Gasteiger partial charge >= 0.3 is 0 Å². The van der Waals surface area contributed by atoms with Crippen LogP contribution in [0.25, 0.3) is 0 Å². The Balaban J connectivity index is 1.50. The van der Waals surface area contributed by atoms with E-state index < -0.39 is 0 Å². The zero-order valence-corrected chi connectivity index (χ0v) is 15.6. The molecule has 2 amide bonds. The lowest BCUT2D eigenvalue weighted by atomic mass is 9.96. The molecule has 1 aromatic carbocycles. The van der Waals surface area contributed by atoms with Gasteiger partial charge in [-0.2, -0.15) is 0 Å². The van der Waals surface area contributed by atoms with Gasteiger partial charge in [-0.3, -0.25) is 14.6 Å². The molecule has 1 fully saturated rings. The first-order chi connectivity index (χ1) is 13.2. The maximum Gasteiger partial charge on any atom is 0.225 e. The molecule has 1 aliphatic rings. The summed E-state index contributed by atoms with van der Waals surface area (Å²) < 4.78 is 5.16. The SMILES string of the molecule is COc1ccc(CCN2CC(C(=O)NCc3ccccn3)CCC2=O)cc1. The van der Waals surface area contributed by atoms with Crippen LogP contribution in [0.15, 0.2) is 48.7 Å². The zero-order valence-electron chi connectivity index (χ0n) is 15.6. The number of amides is 2. The summed E-state index contributed by atoms with van der Waals surface area (Å²) in [4.78, 5) is 30.7. The summed E-state index contributed by atoms with van der Waals surface area (Å²) >= 11 is 0. The Labute approximate surface area is 159 Å². The topological polar surface area (TPSA) is 71.5 Å². The molecule has 2 aromatic rings. The van der Waals surface area contributed by atoms with E-state index in [0.29, 0.717) is 32.5 Å². The molecular weight excluding hydrogens is 342 g/mol. The van der Waals surface area contributed by atoms with Crippen LogP contribution in [0.1, 0.15) is 24.1 Å². The summed E-state index contributed by atoms with van der Waals surface area (Å²) in [6.07, 6.45) is 3.50. The van der Waals surface area contributed by atoms with E-state index in [2.05, 4.69) is 10.3 Å². The van der Waals surface area contributed by atoms with E-state index in [-0.39, 0.29) is 17.7 Å². The lowest BCUT2D eigenvalue weighted by Gasteiger charge is -2.32. The maximum absolute atomic E-state index is 12.5. The molecule has 1 unspecified atom stereocenters. The van der Waals surface area contributed by atoms with Crippen molar-refractivity contribution in [3.8, 4) is 5.75 Å². The molecule has 1 N–H and O–H groups in total. The summed E-state index contributed by atoms with van der Waals surface area (Å²) in [7, 11) is 1.64. The summed E-state index contributed by atoms with van der Waals surface area (Å²) in [5.41, 5.74) is 1.97. The fourth-order valence-electron chi connectivity index (χ4n) is 3.23. The van der Waals surface area contributed by atoms with Crippen molar-refractivity contribution in [1.29, 1.82) is 0 Å². The highest BCUT2D eigenvalue weighted by Gasteiger charge is 2.29. The van der Waals surface area contributed by atoms with Crippen molar-refractivity contribution >= 4 is 11.8 Å². The summed E-state index contributed by atoms with van der Waals surface area (Å²) in [6.45, 7) is 1.51. The third-order valence-electron chi connectivity index (χ3n) is 4.87. The molecule has 0 bridgehead atoms. The number of likely N-dealkylation sites (tertiary alicyclic amines) is 1. The summed E-state index contributed by atoms with van der Waals surface area (Å²) in [5, 5.41) is 2.94. The van der Waals surface area contributed by atoms with Crippen molar-refractivity contribution in [1.82, 2.24) is 15.2 Å². The Morgan fingerprint density at radius 2 is 2.07 bits per heavy atom. The van der Waals surface area contributed by atoms with Gasteiger partial charge in [0.25, 0.3) is 0 Å². The molecule has 6 heteroatoms. The number of benzene rings is 1. The largest absolute Gasteiger partial charge is 0.497 e. The van der Waals surface area contributed by atoms with Gasteiger partial charge in [0.2, 0.25) is 11.8 Å². The molecule has 2 heterocycles. The zero-order chi connectivity index (χ0) is 19.1. The van der Waals surface area contributed by atoms with Crippen molar-refractivity contribution in [2.45, 2.75) is 25.8 Å². The third kappa shape index (κ3) is 5.29. The first-order valence-electron chi connectivity index (χ1n) is 9.24. The van der Waals surface area contributed by atoms with E-state index >= 15 is 0 Å². The molecule has 0 radical (unpaired) electrons. The number of hydrogen-bond acceptors (Lipinski definition) is 4. The van der Waals surface area contributed by atoms with Crippen LogP contribution in [0.5, 0.6) is 5.75 Å². The predicted octanol–water partition coefficient (Wildman–Crippen LogP) is 2.19. The van der Waals surface area contributed by atoms with E-state index in [1.807, 2.05) is 42.5 Å². The Hall–Kier alpha value is -2.89. The normalized spacial score (nSPS) is 16.9. The molecule has 0 spiro atoms. The highest BCUT2D eigenvalue weighted by Crippen LogP contribution is 2.19. The monoisotopic (exact) mass is 367 g/mol. The first kappa shape index (κ1) is 18.9. The number of nitrogens with one attached hydrogen (secondary N) is 1. The summed E-state index contributed by atoms with van der Waals surface area (Å²) in [5.74, 6) is 0.764. The average Bonchev–Trinajstić information content (AvgIpc) is 2.72. The molecule has 1 aromatic heterocycles. The standard InChI is InChI=1S/C21H25N3O3/c1-27-19-8-5-16(6-9-19)11-13-24-15-17(7-10-20(24)25)21(26)23-14-18-4-2-3-12-22-18/h2-6,8-9,12,17H,7,10-11,13-15H2,1H3,(H,23,26). The second kappa shape index (κ2) is 9.16. The van der Waals surface area contributed by atoms with Crippen LogP contribution in [0.4, 0.5) is 0 Å². The van der Waals surface area contributed by atoms with Gasteiger partial charge in [-0.05, 0) is 42.7 Å². The number of nitrogens with zero attached hydrogens (tertiary/aromatic N) is 2. The van der Waals surface area contributed by atoms with Crippen LogP contribution in [-0.2, 0) is 22.6 Å². The van der Waals surface area contributed by atoms with Crippen LogP contribution in [0, 0.1) is 5.92 Å². The Bertz CT molecular complexity index is 762. The van der Waals surface area contributed by atoms with Crippen LogP contribution in [0.3, 0.4) is 0 Å². The molecule has 3 rings (SSSR count). The number of ether oxygens (including phenoxy) is 1. The average molecular weight is 367 g/mol. The first-order valence-corrected chi connectivity index (χ1v) is 9.24. The second-order valence-corrected chi connectivity index (χ2v) is 6.71. The third-order valence-corrected chi connectivity index (χ3v) is 4.87. The number of rotatable bonds is 7. The number of methoxy groups -OCH3 is 1. The molecule has 0 aliphatic carbocycles. The van der Waals surface area contributed by atoms with Gasteiger partial charge in [-0.15, -0.1) is 0 Å². The predicted molar refractivity (Wildman–Crippen MR) is 102 cm³/mol. The molecule has 1 saturated heterocycles. The highest BCUT2D eigenvalue weighted by atomic mass is 16.5. The Kier molecular flexibility index (Phi) is 6.41. The number of pyridine rings is 1. The van der Waals surface area contributed by atoms with E-state index in [1.54, 1.807) is 18.2 Å². The lowest BCUT2D eigenvalue weighted by molar-refractivity contribution is -0.138. The van der Waals surface area contributed by atoms with Gasteiger partial charge in [0.05, 0.1) is 25.3 Å². The van der Waals surface area contributed by atoms with Crippen molar-refractivity contribution < 1.29 is 14.3 Å². The Morgan fingerprint density at radius 1 is 1.26 bits per heavy atom. The van der Waals surface area contributed by atoms with Crippen LogP contribution in [-0.4, -0.2) is 41.9 Å². The van der Waals surface area contributed by atoms with Gasteiger partial charge in [0.15, 0.2) is 0 Å². The van der Waals surface area contributed by atoms with E-state index in [1.165, 1.54) is 0 Å². The smallest absolute Gasteiger partial charge is 0.225 e. The van der Waals surface area contributed by atoms with Crippen molar-refractivity contribution in [2.75, 3.05) is 20.2 Å². The fraction of sp³-hybridized carbons (Fsp3) is 0.381. The molecule has 27 heavy (non-hydrogen) atoms. The van der Waals surface area contributed by atoms with Gasteiger partial charge in [0.1, 0.15) is 5.75 Å². The molecule has 142 valence electrons. The number of carbonyl (C=O) groups excluding carboxylic acids is 2. The van der Waals surface area contributed by atoms with Crippen molar-refractivity contribution in [3.63, 3.8) is 0 Å². The minimum atomic E-state index is -0.165. The van der Waals surface area contributed by atoms with Crippen LogP contribution in [0.2, 0.25) is 0 Å². The minimum Gasteiger partial charge on any atom is -0.497 e. The van der Waals surface area contributed by atoms with Gasteiger partial charge in [-0.25, -0.2) is 0 Å². The van der Waals surface area contributed by atoms with Crippen molar-refractivity contribution in [3.05, 3.63) is 59.9 Å². The Morgan fingerprint density at radius 3 is 2.78 bits per heavy atom. The minimum absolute atomic E-state index is 0.0115. The number of hydrogen-bond donors (Lipinski definition) is 1. The lowest BCUT2D eigenvalue weighted by Crippen LogP contribution is -2.46. The quantitative estimate of drug-likeness (QED) is 0.814. The molecule has 0 saturated carbocycles. The number of carbonyl (C=O) groups is 2. The maximum atomic E-state index is 12.5. The number of aromatic nitrogens is 1. The van der Waals surface area contributed by atoms with Gasteiger partial charge < -0.3 is 15.0 Å². The molecule has 1 aliphatic heterocycles. The van der Waals surface area contributed by atoms with Crippen LogP contribution >= 0.6 is 0 Å². The van der Waals surface area contributed by atoms with Crippen molar-refractivity contribution in [2.24, 2.45) is 5.92 Å². The fourth-order valence-corrected chi connectivity index (χ4v) is 3.23.